The Morgan fingerprint density at radius 2 is 2.14 bits per heavy atom. The van der Waals surface area contributed by atoms with E-state index in [0.717, 1.165) is 37.7 Å². The van der Waals surface area contributed by atoms with Crippen molar-refractivity contribution >= 4 is 18.2 Å². The SMILES string of the molecule is CN=C(N)NC[C@H]1C[C@H]([C@H](O)C[C@@H](CCc2ccc(O)c(OCCC=O)c2)OC(C)=O)CC[C@H]1C. The third-order valence-corrected chi connectivity index (χ3v) is 6.84. The second kappa shape index (κ2) is 14.6. The molecule has 2 rings (SSSR count). The maximum atomic E-state index is 11.7. The molecule has 5 N–H and O–H groups in total. The number of aliphatic hydroxyl groups excluding tert-OH is 1. The third-order valence-electron chi connectivity index (χ3n) is 6.84. The van der Waals surface area contributed by atoms with E-state index in [-0.39, 0.29) is 30.7 Å². The molecule has 1 aromatic carbocycles. The topological polar surface area (TPSA) is 143 Å². The van der Waals surface area contributed by atoms with E-state index in [4.69, 9.17) is 15.2 Å². The first-order valence-corrected chi connectivity index (χ1v) is 12.4. The van der Waals surface area contributed by atoms with Crippen molar-refractivity contribution in [3.63, 3.8) is 0 Å². The van der Waals surface area contributed by atoms with E-state index in [2.05, 4.69) is 17.2 Å². The average molecular weight is 492 g/mol. The molecule has 0 spiro atoms. The van der Waals surface area contributed by atoms with Crippen LogP contribution in [0.15, 0.2) is 23.2 Å². The van der Waals surface area contributed by atoms with Gasteiger partial charge >= 0.3 is 5.97 Å². The van der Waals surface area contributed by atoms with Gasteiger partial charge in [-0.2, -0.15) is 0 Å². The Morgan fingerprint density at radius 3 is 2.83 bits per heavy atom. The zero-order chi connectivity index (χ0) is 25.8. The molecule has 1 aliphatic rings. The Kier molecular flexibility index (Phi) is 11.8. The minimum atomic E-state index is -0.575. The summed E-state index contributed by atoms with van der Waals surface area (Å²) in [5.41, 5.74) is 6.68. The highest BCUT2D eigenvalue weighted by Gasteiger charge is 2.33. The number of hydrogen-bond acceptors (Lipinski definition) is 7. The fourth-order valence-corrected chi connectivity index (χ4v) is 4.70. The quantitative estimate of drug-likeness (QED) is 0.108. The predicted molar refractivity (Wildman–Crippen MR) is 134 cm³/mol. The summed E-state index contributed by atoms with van der Waals surface area (Å²) >= 11 is 0. The van der Waals surface area contributed by atoms with Crippen molar-refractivity contribution in [2.75, 3.05) is 20.2 Å². The van der Waals surface area contributed by atoms with Crippen molar-refractivity contribution in [2.24, 2.45) is 28.5 Å². The molecule has 5 atom stereocenters. The number of ether oxygens (including phenoxy) is 2. The van der Waals surface area contributed by atoms with Crippen molar-refractivity contribution in [1.82, 2.24) is 5.32 Å². The molecule has 0 unspecified atom stereocenters. The van der Waals surface area contributed by atoms with Crippen LogP contribution in [0.5, 0.6) is 11.5 Å². The summed E-state index contributed by atoms with van der Waals surface area (Å²) in [7, 11) is 1.65. The lowest BCUT2D eigenvalue weighted by Gasteiger charge is -2.37. The van der Waals surface area contributed by atoms with E-state index in [1.165, 1.54) is 6.92 Å². The number of aldehydes is 1. The van der Waals surface area contributed by atoms with Gasteiger partial charge in [0.2, 0.25) is 0 Å². The average Bonchev–Trinajstić information content (AvgIpc) is 2.83. The number of guanidine groups is 1. The van der Waals surface area contributed by atoms with Crippen molar-refractivity contribution in [3.05, 3.63) is 23.8 Å². The molecule has 1 fully saturated rings. The normalized spacial score (nSPS) is 22.2. The van der Waals surface area contributed by atoms with Gasteiger partial charge in [-0.1, -0.05) is 19.4 Å². The first-order valence-electron chi connectivity index (χ1n) is 12.4. The molecule has 0 aromatic heterocycles. The first-order chi connectivity index (χ1) is 16.7. The number of phenols is 1. The summed E-state index contributed by atoms with van der Waals surface area (Å²) in [6.45, 7) is 4.52. The molecule has 0 saturated heterocycles. The zero-order valence-electron chi connectivity index (χ0n) is 21.1. The number of phenolic OH excluding ortho intramolecular Hbond substituents is 1. The van der Waals surface area contributed by atoms with Gasteiger partial charge in [0.1, 0.15) is 12.4 Å². The van der Waals surface area contributed by atoms with Crippen LogP contribution in [0.4, 0.5) is 0 Å². The van der Waals surface area contributed by atoms with E-state index in [0.29, 0.717) is 42.8 Å². The van der Waals surface area contributed by atoms with E-state index in [1.54, 1.807) is 25.2 Å². The van der Waals surface area contributed by atoms with Crippen LogP contribution in [0.3, 0.4) is 0 Å². The van der Waals surface area contributed by atoms with Crippen LogP contribution in [0.2, 0.25) is 0 Å². The van der Waals surface area contributed by atoms with Gasteiger partial charge in [0.15, 0.2) is 17.5 Å². The van der Waals surface area contributed by atoms with Crippen molar-refractivity contribution in [1.29, 1.82) is 0 Å². The number of benzene rings is 1. The number of nitrogens with one attached hydrogen (secondary N) is 1. The molecule has 0 amide bonds. The number of carbonyl (C=O) groups excluding carboxylic acids is 2. The number of aliphatic hydroxyl groups is 1. The van der Waals surface area contributed by atoms with Crippen LogP contribution in [0.1, 0.15) is 57.9 Å². The highest BCUT2D eigenvalue weighted by atomic mass is 16.5. The highest BCUT2D eigenvalue weighted by Crippen LogP contribution is 2.36. The fourth-order valence-electron chi connectivity index (χ4n) is 4.70. The number of aryl methyl sites for hydroxylation is 1. The summed E-state index contributed by atoms with van der Waals surface area (Å²) in [6.07, 6.45) is 4.33. The maximum absolute atomic E-state index is 11.7. The van der Waals surface area contributed by atoms with E-state index >= 15 is 0 Å². The molecule has 35 heavy (non-hydrogen) atoms. The maximum Gasteiger partial charge on any atom is 0.302 e. The molecule has 0 heterocycles. The lowest BCUT2D eigenvalue weighted by molar-refractivity contribution is -0.148. The number of nitrogens with zero attached hydrogens (tertiary/aromatic N) is 1. The van der Waals surface area contributed by atoms with Crippen molar-refractivity contribution in [3.8, 4) is 11.5 Å². The molecule has 1 saturated carbocycles. The van der Waals surface area contributed by atoms with Crippen LogP contribution < -0.4 is 15.8 Å². The number of carbonyl (C=O) groups is 2. The third kappa shape index (κ3) is 9.76. The monoisotopic (exact) mass is 491 g/mol. The summed E-state index contributed by atoms with van der Waals surface area (Å²) in [5, 5.41) is 24.2. The summed E-state index contributed by atoms with van der Waals surface area (Å²) in [5.74, 6) is 1.40. The van der Waals surface area contributed by atoms with Gasteiger partial charge in [0.05, 0.1) is 12.7 Å². The molecular formula is C26H41N3O6. The number of aliphatic imine (C=N–C) groups is 1. The summed E-state index contributed by atoms with van der Waals surface area (Å²) in [6, 6.07) is 5.07. The fraction of sp³-hybridized carbons (Fsp3) is 0.654. The molecule has 9 heteroatoms. The predicted octanol–water partition coefficient (Wildman–Crippen LogP) is 2.56. The van der Waals surface area contributed by atoms with E-state index in [9.17, 15) is 19.8 Å². The largest absolute Gasteiger partial charge is 0.504 e. The minimum absolute atomic E-state index is 0.00847. The molecule has 1 aliphatic carbocycles. The summed E-state index contributed by atoms with van der Waals surface area (Å²) in [4.78, 5) is 26.2. The van der Waals surface area contributed by atoms with Gasteiger partial charge in [-0.3, -0.25) is 9.79 Å². The number of aromatic hydroxyl groups is 1. The Balaban J connectivity index is 1.96. The first kappa shape index (κ1) is 28.4. The molecule has 1 aromatic rings. The summed E-state index contributed by atoms with van der Waals surface area (Å²) < 4.78 is 11.0. The Labute approximate surface area is 208 Å². The van der Waals surface area contributed by atoms with E-state index in [1.807, 2.05) is 0 Å². The second-order valence-corrected chi connectivity index (χ2v) is 9.48. The second-order valence-electron chi connectivity index (χ2n) is 9.48. The molecule has 196 valence electrons. The molecule has 0 aliphatic heterocycles. The number of nitrogens with two attached hydrogens (primary N) is 1. The van der Waals surface area contributed by atoms with Crippen molar-refractivity contribution in [2.45, 2.75) is 71.0 Å². The highest BCUT2D eigenvalue weighted by molar-refractivity contribution is 5.77. The van der Waals surface area contributed by atoms with Gasteiger partial charge in [-0.05, 0) is 61.1 Å². The van der Waals surface area contributed by atoms with Crippen molar-refractivity contribution < 1.29 is 29.3 Å². The molecular weight excluding hydrogens is 450 g/mol. The Hall–Kier alpha value is -2.81. The Morgan fingerprint density at radius 1 is 1.37 bits per heavy atom. The van der Waals surface area contributed by atoms with Gasteiger partial charge in [-0.25, -0.2) is 0 Å². The van der Waals surface area contributed by atoms with Crippen LogP contribution >= 0.6 is 0 Å². The van der Waals surface area contributed by atoms with Crippen LogP contribution in [-0.2, 0) is 20.7 Å². The van der Waals surface area contributed by atoms with Gasteiger partial charge in [0, 0.05) is 33.4 Å². The number of rotatable bonds is 13. The van der Waals surface area contributed by atoms with E-state index < -0.39 is 12.2 Å². The minimum Gasteiger partial charge on any atom is -0.504 e. The lowest BCUT2D eigenvalue weighted by atomic mass is 9.72. The van der Waals surface area contributed by atoms with Gasteiger partial charge in [-0.15, -0.1) is 0 Å². The Bertz CT molecular complexity index is 846. The lowest BCUT2D eigenvalue weighted by Crippen LogP contribution is -2.41. The standard InChI is InChI=1S/C26H41N3O6/c1-17-5-8-20(14-21(17)16-29-26(27)28-3)24(33)15-22(35-18(2)31)9-6-19-7-10-23(32)25(13-19)34-12-4-11-30/h7,10-11,13,17,20-22,24,32-33H,4-6,8-9,12,14-16H2,1-3H3,(H3,27,28,29)/t17-,20-,21-,22-,24-/m1/s1. The number of hydrogen-bond donors (Lipinski definition) is 4. The van der Waals surface area contributed by atoms with Gasteiger partial charge in [0.25, 0.3) is 0 Å². The number of esters is 1. The zero-order valence-corrected chi connectivity index (χ0v) is 21.1. The molecule has 0 radical (unpaired) electrons. The smallest absolute Gasteiger partial charge is 0.302 e. The van der Waals surface area contributed by atoms with Gasteiger partial charge < -0.3 is 35.5 Å². The molecule has 9 nitrogen and oxygen atoms in total. The molecule has 0 bridgehead atoms. The van der Waals surface area contributed by atoms with Crippen LogP contribution in [-0.4, -0.2) is 60.8 Å². The van der Waals surface area contributed by atoms with Crippen LogP contribution in [0, 0.1) is 17.8 Å². The van der Waals surface area contributed by atoms with Crippen LogP contribution in [0.25, 0.3) is 0 Å².